The Balaban J connectivity index is 2.19. The first-order valence-corrected chi connectivity index (χ1v) is 7.53. The minimum absolute atomic E-state index is 0.107. The molecule has 0 aromatic heterocycles. The zero-order valence-electron chi connectivity index (χ0n) is 12.7. The summed E-state index contributed by atoms with van der Waals surface area (Å²) >= 11 is 6.26. The zero-order valence-corrected chi connectivity index (χ0v) is 13.5. The number of hydrogen-bond acceptors (Lipinski definition) is 3. The summed E-state index contributed by atoms with van der Waals surface area (Å²) in [5.41, 5.74) is 3.80. The molecule has 0 spiro atoms. The van der Waals surface area contributed by atoms with E-state index in [1.807, 2.05) is 18.2 Å². The van der Waals surface area contributed by atoms with Crippen LogP contribution in [0.4, 0.5) is 0 Å². The molecule has 2 rings (SSSR count). The maximum atomic E-state index is 6.26. The monoisotopic (exact) mass is 296 g/mol. The highest BCUT2D eigenvalue weighted by atomic mass is 35.5. The van der Waals surface area contributed by atoms with E-state index < -0.39 is 0 Å². The minimum atomic E-state index is -0.193. The third-order valence-corrected chi connectivity index (χ3v) is 4.61. The fourth-order valence-corrected chi connectivity index (χ4v) is 3.66. The van der Waals surface area contributed by atoms with Gasteiger partial charge in [0.05, 0.1) is 11.2 Å². The van der Waals surface area contributed by atoms with E-state index in [4.69, 9.17) is 22.2 Å². The number of nitrogens with one attached hydrogen (secondary N) is 1. The fraction of sp³-hybridized carbons (Fsp3) is 0.625. The van der Waals surface area contributed by atoms with Crippen LogP contribution >= 0.6 is 11.6 Å². The highest BCUT2D eigenvalue weighted by Gasteiger charge is 2.48. The molecular formula is C16H25ClN2O. The van der Waals surface area contributed by atoms with Gasteiger partial charge in [-0.25, -0.2) is 0 Å². The molecule has 1 aromatic rings. The maximum absolute atomic E-state index is 6.26. The van der Waals surface area contributed by atoms with Crippen LogP contribution in [0.5, 0.6) is 0 Å². The lowest BCUT2D eigenvalue weighted by Crippen LogP contribution is -2.48. The third kappa shape index (κ3) is 3.34. The lowest BCUT2D eigenvalue weighted by Gasteiger charge is -2.32. The molecule has 1 saturated heterocycles. The lowest BCUT2D eigenvalue weighted by atomic mass is 9.79. The van der Waals surface area contributed by atoms with Crippen LogP contribution in [0, 0.1) is 5.92 Å². The van der Waals surface area contributed by atoms with Crippen LogP contribution in [0.25, 0.3) is 0 Å². The molecule has 3 N–H and O–H groups in total. The number of halogens is 1. The number of ether oxygens (including phenoxy) is 1. The topological polar surface area (TPSA) is 47.3 Å². The summed E-state index contributed by atoms with van der Waals surface area (Å²) in [7, 11) is 0. The molecule has 1 aliphatic rings. The Morgan fingerprint density at radius 1 is 1.35 bits per heavy atom. The Kier molecular flexibility index (Phi) is 4.45. The van der Waals surface area contributed by atoms with Gasteiger partial charge in [-0.05, 0) is 52.2 Å². The summed E-state index contributed by atoms with van der Waals surface area (Å²) in [5.74, 6) is 6.16. The highest BCUT2D eigenvalue weighted by Crippen LogP contribution is 2.44. The zero-order chi connectivity index (χ0) is 15.0. The summed E-state index contributed by atoms with van der Waals surface area (Å²) in [4.78, 5) is 0. The second-order valence-electron chi connectivity index (χ2n) is 6.84. The summed E-state index contributed by atoms with van der Waals surface area (Å²) in [6.45, 7) is 8.56. The smallest absolute Gasteiger partial charge is 0.0678 e. The molecule has 0 saturated carbocycles. The Labute approximate surface area is 126 Å². The van der Waals surface area contributed by atoms with Crippen molar-refractivity contribution in [2.45, 2.75) is 57.8 Å². The van der Waals surface area contributed by atoms with Crippen molar-refractivity contribution in [3.8, 4) is 0 Å². The van der Waals surface area contributed by atoms with Crippen molar-refractivity contribution in [2.24, 2.45) is 11.8 Å². The predicted octanol–water partition coefficient (Wildman–Crippen LogP) is 3.31. The number of benzene rings is 1. The van der Waals surface area contributed by atoms with Gasteiger partial charge in [-0.1, -0.05) is 29.8 Å². The number of rotatable bonds is 4. The van der Waals surface area contributed by atoms with E-state index in [2.05, 4.69) is 39.2 Å². The molecule has 3 nitrogen and oxygen atoms in total. The first-order chi connectivity index (χ1) is 9.25. The summed E-state index contributed by atoms with van der Waals surface area (Å²) in [6.07, 6.45) is 1.79. The molecule has 0 bridgehead atoms. The summed E-state index contributed by atoms with van der Waals surface area (Å²) < 4.78 is 6.17. The first-order valence-electron chi connectivity index (χ1n) is 7.15. The summed E-state index contributed by atoms with van der Waals surface area (Å²) in [6, 6.07) is 8.08. The Bertz CT molecular complexity index is 473. The van der Waals surface area contributed by atoms with Gasteiger partial charge in [0.2, 0.25) is 0 Å². The molecule has 112 valence electrons. The third-order valence-electron chi connectivity index (χ3n) is 4.24. The van der Waals surface area contributed by atoms with Crippen molar-refractivity contribution in [1.29, 1.82) is 0 Å². The second-order valence-corrected chi connectivity index (χ2v) is 7.25. The molecule has 0 aliphatic carbocycles. The van der Waals surface area contributed by atoms with E-state index in [1.165, 1.54) is 0 Å². The van der Waals surface area contributed by atoms with Crippen molar-refractivity contribution >= 4 is 11.6 Å². The standard InChI is InChI=1S/C16H25ClN2O/c1-15(2)10-12(16(3,4)20-15)14(19-18)9-11-7-5-6-8-13(11)17/h5-8,12,14,19H,9-10,18H2,1-4H3. The minimum Gasteiger partial charge on any atom is -0.369 e. The van der Waals surface area contributed by atoms with E-state index >= 15 is 0 Å². The Morgan fingerprint density at radius 3 is 2.50 bits per heavy atom. The first kappa shape index (κ1) is 15.8. The molecule has 1 aromatic carbocycles. The van der Waals surface area contributed by atoms with E-state index in [-0.39, 0.29) is 17.2 Å². The quantitative estimate of drug-likeness (QED) is 0.662. The van der Waals surface area contributed by atoms with E-state index in [0.717, 1.165) is 23.4 Å². The highest BCUT2D eigenvalue weighted by molar-refractivity contribution is 6.31. The van der Waals surface area contributed by atoms with Crippen molar-refractivity contribution < 1.29 is 4.74 Å². The van der Waals surface area contributed by atoms with Crippen LogP contribution < -0.4 is 11.3 Å². The Hall–Kier alpha value is -0.610. The van der Waals surface area contributed by atoms with E-state index in [1.54, 1.807) is 0 Å². The second kappa shape index (κ2) is 5.64. The predicted molar refractivity (Wildman–Crippen MR) is 83.6 cm³/mol. The molecule has 0 amide bonds. The molecular weight excluding hydrogens is 272 g/mol. The number of nitrogens with two attached hydrogens (primary N) is 1. The molecule has 1 aliphatic heterocycles. The summed E-state index contributed by atoms with van der Waals surface area (Å²) in [5, 5.41) is 0.795. The SMILES string of the molecule is CC1(C)CC(C(Cc2ccccc2Cl)NN)C(C)(C)O1. The molecule has 2 atom stereocenters. The lowest BCUT2D eigenvalue weighted by molar-refractivity contribution is -0.0776. The van der Waals surface area contributed by atoms with E-state index in [9.17, 15) is 0 Å². The number of hydrazine groups is 1. The van der Waals surface area contributed by atoms with Gasteiger partial charge in [0.1, 0.15) is 0 Å². The maximum Gasteiger partial charge on any atom is 0.0678 e. The van der Waals surface area contributed by atoms with Crippen LogP contribution in [-0.2, 0) is 11.2 Å². The normalized spacial score (nSPS) is 25.6. The van der Waals surface area contributed by atoms with Crippen molar-refractivity contribution in [1.82, 2.24) is 5.43 Å². The van der Waals surface area contributed by atoms with Crippen LogP contribution in [0.1, 0.15) is 39.7 Å². The van der Waals surface area contributed by atoms with Gasteiger partial charge in [0, 0.05) is 17.0 Å². The average molecular weight is 297 g/mol. The van der Waals surface area contributed by atoms with Crippen molar-refractivity contribution in [2.75, 3.05) is 0 Å². The van der Waals surface area contributed by atoms with Crippen LogP contribution in [-0.4, -0.2) is 17.2 Å². The van der Waals surface area contributed by atoms with E-state index in [0.29, 0.717) is 5.92 Å². The molecule has 4 heteroatoms. The van der Waals surface area contributed by atoms with Gasteiger partial charge >= 0.3 is 0 Å². The number of hydrogen-bond donors (Lipinski definition) is 2. The van der Waals surface area contributed by atoms with Gasteiger partial charge in [0.15, 0.2) is 0 Å². The molecule has 1 fully saturated rings. The van der Waals surface area contributed by atoms with Gasteiger partial charge in [-0.15, -0.1) is 0 Å². The average Bonchev–Trinajstić information content (AvgIpc) is 2.56. The molecule has 20 heavy (non-hydrogen) atoms. The van der Waals surface area contributed by atoms with Gasteiger partial charge < -0.3 is 4.74 Å². The van der Waals surface area contributed by atoms with Crippen molar-refractivity contribution in [3.05, 3.63) is 34.9 Å². The van der Waals surface area contributed by atoms with Gasteiger partial charge in [0.25, 0.3) is 0 Å². The van der Waals surface area contributed by atoms with Crippen LogP contribution in [0.3, 0.4) is 0 Å². The molecule has 2 unspecified atom stereocenters. The Morgan fingerprint density at radius 2 is 2.00 bits per heavy atom. The molecule has 0 radical (unpaired) electrons. The van der Waals surface area contributed by atoms with Gasteiger partial charge in [-0.3, -0.25) is 11.3 Å². The molecule has 1 heterocycles. The van der Waals surface area contributed by atoms with Crippen LogP contribution in [0.2, 0.25) is 5.02 Å². The van der Waals surface area contributed by atoms with Crippen molar-refractivity contribution in [3.63, 3.8) is 0 Å². The van der Waals surface area contributed by atoms with Crippen LogP contribution in [0.15, 0.2) is 24.3 Å². The largest absolute Gasteiger partial charge is 0.369 e. The van der Waals surface area contributed by atoms with Gasteiger partial charge in [-0.2, -0.15) is 0 Å². The fourth-order valence-electron chi connectivity index (χ4n) is 3.45.